The van der Waals surface area contributed by atoms with Crippen LogP contribution in [-0.4, -0.2) is 217 Å². The number of aliphatic hydroxyl groups is 6. The number of ketones is 1. The number of Topliss-reactive ketones (excluding diaryl/α,β-unsaturated/α-hetero) is 1. The van der Waals surface area contributed by atoms with E-state index >= 15 is 4.79 Å². The molecule has 0 radical (unpaired) electrons. The lowest BCUT2D eigenvalue weighted by Crippen LogP contribution is -2.65. The number of para-hydroxylation sites is 2. The van der Waals surface area contributed by atoms with E-state index in [9.17, 15) is 79.5 Å². The molecule has 18 N–H and O–H groups in total. The zero-order chi connectivity index (χ0) is 79.4. The Morgan fingerprint density at radius 2 is 1.39 bits per heavy atom. The summed E-state index contributed by atoms with van der Waals surface area (Å²) < 4.78 is 38.3. The summed E-state index contributed by atoms with van der Waals surface area (Å²) in [6, 6.07) is 7.53. The maximum Gasteiger partial charge on any atom is 0.246 e. The highest BCUT2D eigenvalue weighted by molar-refractivity contribution is 15.0. The van der Waals surface area contributed by atoms with E-state index in [0.29, 0.717) is 0 Å². The predicted molar refractivity (Wildman–Crippen MR) is 403 cm³/mol. The van der Waals surface area contributed by atoms with Crippen LogP contribution in [0.1, 0.15) is 101 Å². The highest BCUT2D eigenvalue weighted by atomic mass is 128. The first kappa shape index (κ1) is 86.7. The smallest absolute Gasteiger partial charge is 0.246 e. The molecule has 0 aromatic heterocycles. The Balaban J connectivity index is 0.00000791. The number of hydrogen-bond acceptors (Lipinski definition) is 25. The van der Waals surface area contributed by atoms with Crippen molar-refractivity contribution in [1.29, 1.82) is 0 Å². The van der Waals surface area contributed by atoms with Crippen molar-refractivity contribution in [2.45, 2.75) is 171 Å². The molecule has 107 heavy (non-hydrogen) atoms. The Morgan fingerprint density at radius 3 is 1.94 bits per heavy atom. The van der Waals surface area contributed by atoms with Gasteiger partial charge in [-0.25, -0.2) is 0 Å². The third-order valence-electron chi connectivity index (χ3n) is 18.5. The number of halogens is 4. The van der Waals surface area contributed by atoms with E-state index in [0.717, 1.165) is 26.0 Å². The number of phenolic OH excluding ortho intramolecular Hbond substituents is 3. The van der Waals surface area contributed by atoms with Crippen molar-refractivity contribution in [3.05, 3.63) is 117 Å². The number of ether oxygens (including phenoxy) is 6. The first-order valence-corrected chi connectivity index (χ1v) is 40.6. The van der Waals surface area contributed by atoms with Gasteiger partial charge in [-0.15, -0.1) is 0 Å². The van der Waals surface area contributed by atoms with Crippen LogP contribution >= 0.6 is 60.4 Å². The van der Waals surface area contributed by atoms with Crippen molar-refractivity contribution in [2.24, 2.45) is 11.7 Å². The summed E-state index contributed by atoms with van der Waals surface area (Å²) in [5.41, 5.74) is 3.63. The average Bonchev–Trinajstić information content (AvgIpc) is 0.773. The van der Waals surface area contributed by atoms with Crippen molar-refractivity contribution >= 4 is 108 Å². The van der Waals surface area contributed by atoms with Gasteiger partial charge in [0.25, 0.3) is 0 Å². The summed E-state index contributed by atoms with van der Waals surface area (Å²) in [4.78, 5) is 114. The van der Waals surface area contributed by atoms with Crippen LogP contribution in [0.15, 0.2) is 84.9 Å². The fourth-order valence-electron chi connectivity index (χ4n) is 12.3. The summed E-state index contributed by atoms with van der Waals surface area (Å²) in [6.07, 6.45) is -16.8. The Hall–Kier alpha value is -7.54. The Labute approximate surface area is 649 Å². The Kier molecular flexibility index (Phi) is 31.0. The zero-order valence-electron chi connectivity index (χ0n) is 59.7. The second kappa shape index (κ2) is 38.2. The number of amides is 7. The van der Waals surface area contributed by atoms with Crippen LogP contribution in [-0.2, 0) is 52.6 Å². The molecule has 5 aromatic carbocycles. The number of aliphatic hydroxyl groups excluding tert-OH is 6. The summed E-state index contributed by atoms with van der Waals surface area (Å²) >= 11 is 18.3. The zero-order valence-corrected chi connectivity index (χ0v) is 65.5. The molecule has 6 bridgehead atoms. The SMILES string of the molecule is CNC(CC(C)C)C(=O)NC1C(=O)N[C@@H](CC(N)=O)C(=O)NCC(=O)N[C@H](C)C(=O)NC(C(=O)N[C@H](C(C)=O)c2cc(O)c(C)c(O)c2-c2ccccc2O)C(O)c2ccc(c(Cl)c2)Oc2cccc(c2OC2O[C@H](CO)C(O)C(O)C2OC2CC(C)(N(C)C)C(O)[C@H](C)O2)Oc2ccc(cc2Cl)C1O.II. The first-order valence-electron chi connectivity index (χ1n) is 33.6. The number of fused-ring (bicyclic) bond motifs is 2. The van der Waals surface area contributed by atoms with Gasteiger partial charge in [0.2, 0.25) is 53.4 Å². The Morgan fingerprint density at radius 1 is 0.785 bits per heavy atom. The van der Waals surface area contributed by atoms with Gasteiger partial charge in [-0.05, 0) is 133 Å². The number of nitrogens with one attached hydrogen (secondary N) is 7. The first-order chi connectivity index (χ1) is 50.5. The van der Waals surface area contributed by atoms with Crippen molar-refractivity contribution in [2.75, 3.05) is 34.3 Å². The number of likely N-dealkylation sites (N-methyl/N-ethyl adjacent to an activating group) is 2. The van der Waals surface area contributed by atoms with E-state index in [4.69, 9.17) is 57.4 Å². The monoisotopic (exact) mass is 1760 g/mol. The molecule has 2 saturated heterocycles. The molecular formula is C71H89Cl2I2N9O23. The number of aromatic hydroxyl groups is 3. The van der Waals surface area contributed by atoms with Crippen molar-refractivity contribution in [3.8, 4) is 57.1 Å². The molecule has 10 rings (SSSR count). The number of primary amides is 1. The molecule has 5 aromatic rings. The minimum absolute atomic E-state index is 0.0131. The summed E-state index contributed by atoms with van der Waals surface area (Å²) in [5, 5.41) is 120. The number of phenols is 3. The molecule has 5 aliphatic rings. The lowest BCUT2D eigenvalue weighted by molar-refractivity contribution is -0.337. The molecule has 0 spiro atoms. The summed E-state index contributed by atoms with van der Waals surface area (Å²) in [7, 11) is 4.96. The number of nitrogens with zero attached hydrogens (tertiary/aromatic N) is 1. The van der Waals surface area contributed by atoms with Crippen LogP contribution in [0.2, 0.25) is 10.0 Å². The van der Waals surface area contributed by atoms with E-state index in [1.807, 2.05) is 13.8 Å². The molecule has 12 unspecified atom stereocenters. The number of hydrogen-bond donors (Lipinski definition) is 17. The molecule has 0 saturated carbocycles. The molecule has 584 valence electrons. The van der Waals surface area contributed by atoms with Gasteiger partial charge >= 0.3 is 0 Å². The van der Waals surface area contributed by atoms with Crippen LogP contribution in [0, 0.1) is 12.8 Å². The van der Waals surface area contributed by atoms with E-state index in [-0.39, 0.29) is 90.9 Å². The van der Waals surface area contributed by atoms with Gasteiger partial charge < -0.3 is 122 Å². The van der Waals surface area contributed by atoms with E-state index < -0.39 is 187 Å². The lowest BCUT2D eigenvalue weighted by Gasteiger charge is -2.50. The van der Waals surface area contributed by atoms with Gasteiger partial charge in [0.15, 0.2) is 29.7 Å². The normalized spacial score (nSPS) is 26.6. The molecule has 2 fully saturated rings. The van der Waals surface area contributed by atoms with Crippen molar-refractivity contribution in [1.82, 2.24) is 42.1 Å². The highest BCUT2D eigenvalue weighted by Crippen LogP contribution is 2.48. The predicted octanol–water partition coefficient (Wildman–Crippen LogP) is 3.57. The van der Waals surface area contributed by atoms with E-state index in [1.165, 1.54) is 86.8 Å². The number of nitrogens with two attached hydrogens (primary N) is 1. The molecule has 7 amide bonds. The second-order valence-electron chi connectivity index (χ2n) is 26.7. The summed E-state index contributed by atoms with van der Waals surface area (Å²) in [5.74, 6) is -11.8. The van der Waals surface area contributed by atoms with Crippen LogP contribution in [0.4, 0.5) is 0 Å². The Bertz CT molecular complexity index is 4060. The second-order valence-corrected chi connectivity index (χ2v) is 27.6. The third-order valence-corrected chi connectivity index (χ3v) is 19.1. The maximum absolute atomic E-state index is 15.0. The van der Waals surface area contributed by atoms with Crippen molar-refractivity contribution < 1.29 is 113 Å². The molecule has 0 aliphatic carbocycles. The minimum Gasteiger partial charge on any atom is -0.508 e. The number of rotatable bonds is 18. The van der Waals surface area contributed by atoms with Crippen LogP contribution in [0.5, 0.6) is 46.0 Å². The molecule has 5 heterocycles. The fourth-order valence-corrected chi connectivity index (χ4v) is 12.7. The average molecular weight is 1760 g/mol. The topological polar surface area (TPSA) is 487 Å². The number of benzene rings is 5. The standard InChI is InChI=1S/C71H89Cl2N9O23.I2/c1-30(2)22-41(75-8)67(97)81-55-58(90)35-18-20-45(39(72)23-35)101-47-16-13-17-48(62(47)105-70-63(61(93)60(92)49(29-83)103-70)104-52-27-71(7,82(9)10)64(94)34(6)100-52)102-46-21-19-36(24-40(46)73)59(91)56(80-65(95)32(4)77-51(88)28-76-66(96)42(26-50(74)87)78-68(55)98)69(99)79-54(33(5)84)38-25-44(86)31(3)57(89)53(38)37-14-11-12-15-43(37)85;1-2/h11-21,23-25,30,32,34,41-42,49,52,54-56,58-61,63-64,70,75,83,85-86,89-94H,22,26-29H2,1-10H3,(H2,74,87)(H,76,96)(H,77,88)(H,78,98)(H,79,99)(H,80,95)(H,81,97);/t32-,34+,41?,42+,49-,52?,54-,55?,56?,58?,59?,60?,61?,63?,64?,70?,71?;/m1./s1. The molecule has 32 nitrogen and oxygen atoms in total. The van der Waals surface area contributed by atoms with Crippen LogP contribution in [0.3, 0.4) is 0 Å². The lowest BCUT2D eigenvalue weighted by atomic mass is 9.84. The van der Waals surface area contributed by atoms with E-state index in [1.54, 1.807) is 32.8 Å². The minimum atomic E-state index is -2.18. The highest BCUT2D eigenvalue weighted by Gasteiger charge is 2.52. The third kappa shape index (κ3) is 20.9. The van der Waals surface area contributed by atoms with Crippen molar-refractivity contribution in [3.63, 3.8) is 0 Å². The number of carbonyl (C=O) groups is 8. The van der Waals surface area contributed by atoms with Gasteiger partial charge in [-0.3, -0.25) is 38.4 Å². The largest absolute Gasteiger partial charge is 0.508 e. The van der Waals surface area contributed by atoms with Gasteiger partial charge in [-0.2, -0.15) is 0 Å². The molecule has 36 heteroatoms. The summed E-state index contributed by atoms with van der Waals surface area (Å²) in [6.45, 7) is 8.73. The van der Waals surface area contributed by atoms with E-state index in [2.05, 4.69) is 74.4 Å². The van der Waals surface area contributed by atoms with Gasteiger partial charge in [0.05, 0.1) is 53.4 Å². The van der Waals surface area contributed by atoms with Gasteiger partial charge in [0, 0.05) is 60.3 Å². The van der Waals surface area contributed by atoms with Gasteiger partial charge in [0.1, 0.15) is 89.5 Å². The maximum atomic E-state index is 15.0. The fraction of sp³-hybridized carbons (Fsp3) is 0.465. The molecule has 17 atom stereocenters. The van der Waals surface area contributed by atoms with Gasteiger partial charge in [-0.1, -0.05) is 73.4 Å². The molecule has 5 aliphatic heterocycles. The number of carbonyl (C=O) groups excluding carboxylic acids is 8. The quantitative estimate of drug-likeness (QED) is 0.0557. The van der Waals surface area contributed by atoms with Crippen LogP contribution in [0.25, 0.3) is 11.1 Å². The molecular weight excluding hydrogens is 1670 g/mol. The van der Waals surface area contributed by atoms with Crippen LogP contribution < -0.4 is 57.2 Å².